The summed E-state index contributed by atoms with van der Waals surface area (Å²) in [5.41, 5.74) is 4.19. The van der Waals surface area contributed by atoms with Crippen molar-refractivity contribution in [2.45, 2.75) is 303 Å². The van der Waals surface area contributed by atoms with E-state index in [2.05, 4.69) is 187 Å². The first kappa shape index (κ1) is 99.6. The van der Waals surface area contributed by atoms with Crippen molar-refractivity contribution in [2.75, 3.05) is 99.1 Å². The highest BCUT2D eigenvalue weighted by Crippen LogP contribution is 2.65. The van der Waals surface area contributed by atoms with Crippen molar-refractivity contribution in [1.82, 2.24) is 0 Å². The minimum atomic E-state index is -2.04. The Balaban J connectivity index is 1.21. The topological polar surface area (TPSA) is 222 Å². The van der Waals surface area contributed by atoms with Crippen LogP contribution in [0.25, 0.3) is 0 Å². The summed E-state index contributed by atoms with van der Waals surface area (Å²) in [5, 5.41) is 0. The predicted octanol–water partition coefficient (Wildman–Crippen LogP) is 30.0. The molecule has 4 aromatic rings. The first-order valence-electron chi connectivity index (χ1n) is 45.7. The molecule has 9 aliphatic rings. The van der Waals surface area contributed by atoms with Gasteiger partial charge in [0.05, 0.1) is 105 Å². The minimum Gasteiger partial charge on any atom is -0.426 e. The lowest BCUT2D eigenvalue weighted by Gasteiger charge is -2.37. The Bertz CT molecular complexity index is 3860. The summed E-state index contributed by atoms with van der Waals surface area (Å²) >= 11 is 0. The number of hydrogen-bond acceptors (Lipinski definition) is 24. The molecule has 8 aliphatic heterocycles. The van der Waals surface area contributed by atoms with Crippen molar-refractivity contribution >= 4 is 68.8 Å². The maximum Gasteiger partial charge on any atom is 0.397 e. The second-order valence-electron chi connectivity index (χ2n) is 41.3. The number of benzene rings is 4. The lowest BCUT2D eigenvalue weighted by molar-refractivity contribution is 0.0204. The summed E-state index contributed by atoms with van der Waals surface area (Å²) in [4.78, 5) is 0. The average Bonchev–Trinajstić information content (AvgIpc) is 0.741. The van der Waals surface area contributed by atoms with Crippen LogP contribution in [-0.4, -0.2) is 105 Å². The molecule has 0 saturated carbocycles. The Labute approximate surface area is 751 Å². The van der Waals surface area contributed by atoms with Crippen molar-refractivity contribution in [3.8, 4) is 46.0 Å². The van der Waals surface area contributed by atoms with Crippen LogP contribution >= 0.6 is 68.8 Å². The summed E-state index contributed by atoms with van der Waals surface area (Å²) in [6.07, 6.45) is 18.2. The van der Waals surface area contributed by atoms with E-state index in [1.54, 1.807) is 0 Å². The SMILES string of the molecule is CCCCCCC1c2cc(c(OP3OCC(C)(C)CO3)cc2OP2OCC(C)(C)CO2)C(CCCCCC)c2cc(c(OP3OCC(C)(C)CO3)cc2OP2OCC(C)(C)CO2)C(CCCCCC)c2cc(c(OP3OCC(C)(C)CO3)cc2OP2OCCC(C)(C)O2)C(CCCCCC)c2cc1c(OP1OCC(C)(C)CO1)cc2OP1OCC(C)(C)CO1. The van der Waals surface area contributed by atoms with Crippen molar-refractivity contribution in [2.24, 2.45) is 37.9 Å². The van der Waals surface area contributed by atoms with Gasteiger partial charge in [-0.05, 0) is 63.8 Å². The van der Waals surface area contributed by atoms with Gasteiger partial charge in [0.1, 0.15) is 46.0 Å². The van der Waals surface area contributed by atoms with E-state index in [0.29, 0.717) is 177 Å². The fourth-order valence-corrected chi connectivity index (χ4v) is 26.7. The molecule has 32 heteroatoms. The fraction of sp³-hybridized carbons (Fsp3) is 0.739. The van der Waals surface area contributed by atoms with E-state index >= 15 is 0 Å². The Morgan fingerprint density at radius 2 is 0.395 bits per heavy atom. The zero-order valence-electron chi connectivity index (χ0n) is 77.8. The normalized spacial score (nSPS) is 25.6. The third-order valence-corrected chi connectivity index (χ3v) is 32.0. The van der Waals surface area contributed by atoms with E-state index < -0.39 is 98.1 Å². The molecule has 5 atom stereocenters. The Morgan fingerprint density at radius 3 is 0.556 bits per heavy atom. The Kier molecular flexibility index (Phi) is 35.7. The van der Waals surface area contributed by atoms with E-state index in [4.69, 9.17) is 109 Å². The van der Waals surface area contributed by atoms with Crippen molar-refractivity contribution < 1.29 is 109 Å². The number of rotatable bonds is 36. The lowest BCUT2D eigenvalue weighted by Crippen LogP contribution is -2.29. The third kappa shape index (κ3) is 28.1. The first-order valence-corrected chi connectivity index (χ1v) is 54.5. The van der Waals surface area contributed by atoms with E-state index in [-0.39, 0.29) is 37.9 Å². The van der Waals surface area contributed by atoms with Crippen LogP contribution in [0.3, 0.4) is 0 Å². The standard InChI is InChI=1S/C92H144O24P8/c1-21-25-29-33-37-65-69-43-70(78(109-118-96-53-86(7,8)54-97-118)47-77(69)108-117-94-51-85(5,6)52-95-117)66(38-34-30-26-22-2)73-45-74(82(113-122-104-61-90(15,16)62-105-122)49-81(73)112-121-102-59-89(13,14)60-103-121)68(40-36-32-28-24-4)76-46-75(83(114-123-106-63-91(17,18)64-107-123)50-84(76)115-124-93-42-41-92(19,20)116-124)67(39-35-31-27-23-3)72-44-71(65)79(110-119-98-55-87(9,10)56-99-119)48-80(72)111-120-100-57-88(11,12)58-101-120/h43-50,65-68H,21-42,51-64H2,1-20H3. The molecule has 0 aromatic heterocycles. The lowest BCUT2D eigenvalue weighted by atomic mass is 9.76. The number of unbranched alkanes of at least 4 members (excludes halogenated alkanes) is 12. The van der Waals surface area contributed by atoms with Crippen LogP contribution in [0.1, 0.15) is 341 Å². The number of fused-ring (bicyclic) bond motifs is 8. The molecule has 696 valence electrons. The van der Waals surface area contributed by atoms with E-state index in [9.17, 15) is 0 Å². The molecule has 5 unspecified atom stereocenters. The van der Waals surface area contributed by atoms with Crippen molar-refractivity contribution in [1.29, 1.82) is 0 Å². The summed E-state index contributed by atoms with van der Waals surface area (Å²) in [5.74, 6) is 1.87. The van der Waals surface area contributed by atoms with Gasteiger partial charge in [0, 0.05) is 137 Å². The van der Waals surface area contributed by atoms with Crippen LogP contribution in [0.15, 0.2) is 48.5 Å². The third-order valence-electron chi connectivity index (χ3n) is 23.4. The molecule has 124 heavy (non-hydrogen) atoms. The van der Waals surface area contributed by atoms with Crippen LogP contribution in [-0.2, 0) is 72.4 Å². The molecule has 0 radical (unpaired) electrons. The highest BCUT2D eigenvalue weighted by Gasteiger charge is 2.46. The van der Waals surface area contributed by atoms with Gasteiger partial charge in [0.15, 0.2) is 0 Å². The van der Waals surface area contributed by atoms with Gasteiger partial charge in [-0.25, -0.2) is 0 Å². The molecule has 8 saturated heterocycles. The van der Waals surface area contributed by atoms with Crippen molar-refractivity contribution in [3.63, 3.8) is 0 Å². The van der Waals surface area contributed by atoms with Crippen LogP contribution in [0, 0.1) is 37.9 Å². The van der Waals surface area contributed by atoms with Crippen molar-refractivity contribution in [3.05, 3.63) is 93.0 Å². The smallest absolute Gasteiger partial charge is 0.397 e. The molecule has 0 spiro atoms. The van der Waals surface area contributed by atoms with Gasteiger partial charge in [-0.2, -0.15) is 0 Å². The van der Waals surface area contributed by atoms with E-state index in [1.165, 1.54) is 0 Å². The first-order chi connectivity index (χ1) is 59.0. The minimum absolute atomic E-state index is 0.285. The van der Waals surface area contributed by atoms with Gasteiger partial charge < -0.3 is 104 Å². The molecule has 8 bridgehead atoms. The average molecular weight is 1880 g/mol. The predicted molar refractivity (Wildman–Crippen MR) is 494 cm³/mol. The Morgan fingerprint density at radius 1 is 0.226 bits per heavy atom. The Hall–Kier alpha value is -1.92. The second-order valence-corrected chi connectivity index (χ2v) is 50.3. The van der Waals surface area contributed by atoms with Gasteiger partial charge >= 0.3 is 68.8 Å². The van der Waals surface area contributed by atoms with Gasteiger partial charge in [0.25, 0.3) is 0 Å². The molecule has 4 aromatic carbocycles. The highest BCUT2D eigenvalue weighted by molar-refractivity contribution is 7.44. The molecule has 0 amide bonds. The monoisotopic (exact) mass is 1880 g/mol. The molecule has 1 aliphatic carbocycles. The largest absolute Gasteiger partial charge is 0.426 e. The molecule has 8 fully saturated rings. The quantitative estimate of drug-likeness (QED) is 0.0305. The highest BCUT2D eigenvalue weighted by atomic mass is 31.2. The molecular formula is C92H144O24P8. The van der Waals surface area contributed by atoms with E-state index in [1.807, 2.05) is 0 Å². The summed E-state index contributed by atoms with van der Waals surface area (Å²) in [6, 6.07) is 17.7. The summed E-state index contributed by atoms with van der Waals surface area (Å²) in [7, 11) is -16.2. The molecular weight excluding hydrogens is 1740 g/mol. The molecule has 13 rings (SSSR count). The van der Waals surface area contributed by atoms with Gasteiger partial charge in [-0.3, -0.25) is 4.52 Å². The van der Waals surface area contributed by atoms with Gasteiger partial charge in [0.2, 0.25) is 0 Å². The number of hydrogen-bond donors (Lipinski definition) is 0. The summed E-state index contributed by atoms with van der Waals surface area (Å²) < 4.78 is 169. The maximum atomic E-state index is 7.62. The van der Waals surface area contributed by atoms with E-state index in [0.717, 1.165) is 147 Å². The second kappa shape index (κ2) is 44.5. The van der Waals surface area contributed by atoms with Crippen LogP contribution < -0.4 is 36.2 Å². The maximum absolute atomic E-state index is 7.62. The molecule has 24 nitrogen and oxygen atoms in total. The van der Waals surface area contributed by atoms with Crippen LogP contribution in [0.2, 0.25) is 0 Å². The fourth-order valence-electron chi connectivity index (χ4n) is 15.6. The van der Waals surface area contributed by atoms with Gasteiger partial charge in [-0.1, -0.05) is 227 Å². The summed E-state index contributed by atoms with van der Waals surface area (Å²) in [6.45, 7) is 49.4. The van der Waals surface area contributed by atoms with Crippen LogP contribution in [0.4, 0.5) is 0 Å². The zero-order chi connectivity index (χ0) is 88.2. The molecule has 0 N–H and O–H groups in total. The molecule has 8 heterocycles. The zero-order valence-corrected chi connectivity index (χ0v) is 84.9. The van der Waals surface area contributed by atoms with Crippen LogP contribution in [0.5, 0.6) is 46.0 Å². The van der Waals surface area contributed by atoms with Gasteiger partial charge in [-0.15, -0.1) is 0 Å².